The zero-order valence-corrected chi connectivity index (χ0v) is 20.9. The van der Waals surface area contributed by atoms with Crippen LogP contribution in [0.3, 0.4) is 0 Å². The first-order valence-corrected chi connectivity index (χ1v) is 10.6. The molecule has 1 aromatic carbocycles. The van der Waals surface area contributed by atoms with Crippen molar-refractivity contribution in [2.24, 2.45) is 5.73 Å². The molecule has 0 spiro atoms. The van der Waals surface area contributed by atoms with Gasteiger partial charge < -0.3 is 16.2 Å². The van der Waals surface area contributed by atoms with Crippen LogP contribution in [0.2, 0.25) is 0 Å². The molecule has 2 atom stereocenters. The van der Waals surface area contributed by atoms with E-state index in [1.54, 1.807) is 24.4 Å². The Morgan fingerprint density at radius 1 is 1.16 bits per heavy atom. The molecule has 0 aliphatic rings. The van der Waals surface area contributed by atoms with Crippen molar-refractivity contribution in [2.75, 3.05) is 0 Å². The van der Waals surface area contributed by atoms with Gasteiger partial charge in [0.1, 0.15) is 5.82 Å². The van der Waals surface area contributed by atoms with Crippen LogP contribution in [0.4, 0.5) is 4.39 Å². The molecule has 0 aliphatic heterocycles. The number of hydrogen-bond donors (Lipinski definition) is 3. The molecule has 1 amide bonds. The lowest BCUT2D eigenvalue weighted by Crippen LogP contribution is -2.42. The van der Waals surface area contributed by atoms with Gasteiger partial charge in [0.15, 0.2) is 0 Å². The van der Waals surface area contributed by atoms with Crippen molar-refractivity contribution in [3.63, 3.8) is 0 Å². The summed E-state index contributed by atoms with van der Waals surface area (Å²) in [6.07, 6.45) is 3.76. The van der Waals surface area contributed by atoms with Crippen LogP contribution in [0, 0.1) is 5.82 Å². The number of carbonyl (C=O) groups is 1. The fourth-order valence-corrected chi connectivity index (χ4v) is 3.36. The highest BCUT2D eigenvalue weighted by molar-refractivity contribution is 5.97. The summed E-state index contributed by atoms with van der Waals surface area (Å²) in [5.74, 6) is -0.545. The van der Waals surface area contributed by atoms with E-state index >= 15 is 0 Å². The highest BCUT2D eigenvalue weighted by atomic mass is 35.5. The largest absolute Gasteiger partial charge is 0.391 e. The lowest BCUT2D eigenvalue weighted by atomic mass is 9.93. The lowest BCUT2D eigenvalue weighted by molar-refractivity contribution is 0.0915. The summed E-state index contributed by atoms with van der Waals surface area (Å²) >= 11 is 0. The number of nitrogens with one attached hydrogen (secondary N) is 1. The molecule has 0 bridgehead atoms. The second kappa shape index (κ2) is 13.7. The SMILES string of the molecule is CCCCc1ccnc(C[C@H](O)[C@H](N)Cc2ccccc2F)c1C(=O)NC(C)(C)C.Cl.Cl. The number of aliphatic hydroxyl groups is 1. The molecule has 8 heteroatoms. The smallest absolute Gasteiger partial charge is 0.253 e. The quantitative estimate of drug-likeness (QED) is 0.488. The molecule has 1 heterocycles. The summed E-state index contributed by atoms with van der Waals surface area (Å²) in [5.41, 5.74) is 8.17. The van der Waals surface area contributed by atoms with E-state index in [0.717, 1.165) is 24.8 Å². The van der Waals surface area contributed by atoms with Gasteiger partial charge in [0.2, 0.25) is 0 Å². The topological polar surface area (TPSA) is 88.2 Å². The van der Waals surface area contributed by atoms with E-state index in [1.165, 1.54) is 6.07 Å². The molecule has 2 aromatic rings. The molecule has 0 saturated carbocycles. The number of pyridine rings is 1. The molecule has 0 radical (unpaired) electrons. The minimum Gasteiger partial charge on any atom is -0.391 e. The number of aryl methyl sites for hydroxylation is 1. The number of unbranched alkanes of at least 4 members (excludes halogenated alkanes) is 1. The van der Waals surface area contributed by atoms with E-state index in [1.807, 2.05) is 26.8 Å². The van der Waals surface area contributed by atoms with E-state index in [9.17, 15) is 14.3 Å². The van der Waals surface area contributed by atoms with E-state index < -0.39 is 17.7 Å². The molecule has 180 valence electrons. The summed E-state index contributed by atoms with van der Waals surface area (Å²) < 4.78 is 13.9. The van der Waals surface area contributed by atoms with Gasteiger partial charge >= 0.3 is 0 Å². The normalized spacial score (nSPS) is 12.8. The lowest BCUT2D eigenvalue weighted by Gasteiger charge is -2.24. The van der Waals surface area contributed by atoms with Crippen LogP contribution in [-0.2, 0) is 19.3 Å². The monoisotopic (exact) mass is 487 g/mol. The van der Waals surface area contributed by atoms with Gasteiger partial charge in [-0.3, -0.25) is 9.78 Å². The Morgan fingerprint density at radius 2 is 1.81 bits per heavy atom. The van der Waals surface area contributed by atoms with Crippen LogP contribution >= 0.6 is 24.8 Å². The fourth-order valence-electron chi connectivity index (χ4n) is 3.36. The Labute approximate surface area is 203 Å². The van der Waals surface area contributed by atoms with Crippen LogP contribution in [-0.4, -0.2) is 33.7 Å². The number of amides is 1. The average molecular weight is 488 g/mol. The molecular formula is C24H36Cl2FN3O2. The first kappa shape index (κ1) is 30.3. The molecular weight excluding hydrogens is 452 g/mol. The number of aromatic nitrogens is 1. The van der Waals surface area contributed by atoms with Crippen molar-refractivity contribution in [2.45, 2.75) is 77.5 Å². The first-order chi connectivity index (χ1) is 14.1. The van der Waals surface area contributed by atoms with E-state index in [0.29, 0.717) is 16.8 Å². The van der Waals surface area contributed by atoms with E-state index in [-0.39, 0.29) is 49.4 Å². The number of carbonyl (C=O) groups excluding carboxylic acids is 1. The van der Waals surface area contributed by atoms with Crippen molar-refractivity contribution in [3.05, 3.63) is 64.7 Å². The van der Waals surface area contributed by atoms with Gasteiger partial charge in [-0.25, -0.2) is 4.39 Å². The summed E-state index contributed by atoms with van der Waals surface area (Å²) in [6, 6.07) is 7.58. The van der Waals surface area contributed by atoms with Crippen molar-refractivity contribution >= 4 is 30.7 Å². The van der Waals surface area contributed by atoms with Crippen LogP contribution in [0.15, 0.2) is 36.5 Å². The number of nitrogens with two attached hydrogens (primary N) is 1. The van der Waals surface area contributed by atoms with E-state index in [2.05, 4.69) is 17.2 Å². The Kier molecular flexibility index (Phi) is 13.0. The molecule has 0 unspecified atom stereocenters. The Hall–Kier alpha value is -1.73. The van der Waals surface area contributed by atoms with Crippen LogP contribution in [0.1, 0.15) is 67.7 Å². The summed E-state index contributed by atoms with van der Waals surface area (Å²) in [6.45, 7) is 7.87. The maximum Gasteiger partial charge on any atom is 0.253 e. The number of rotatable bonds is 9. The third-order valence-corrected chi connectivity index (χ3v) is 4.94. The van der Waals surface area contributed by atoms with Crippen molar-refractivity contribution in [1.82, 2.24) is 10.3 Å². The van der Waals surface area contributed by atoms with Crippen LogP contribution in [0.5, 0.6) is 0 Å². The zero-order valence-electron chi connectivity index (χ0n) is 19.2. The average Bonchev–Trinajstić information content (AvgIpc) is 2.66. The van der Waals surface area contributed by atoms with Gasteiger partial charge in [0.25, 0.3) is 5.91 Å². The maximum absolute atomic E-state index is 13.9. The Balaban J connectivity index is 0.00000480. The number of halogens is 3. The fraction of sp³-hybridized carbons (Fsp3) is 0.500. The van der Waals surface area contributed by atoms with Gasteiger partial charge in [0, 0.05) is 24.2 Å². The predicted molar refractivity (Wildman–Crippen MR) is 132 cm³/mol. The molecule has 1 aromatic heterocycles. The third-order valence-electron chi connectivity index (χ3n) is 4.94. The minimum atomic E-state index is -0.959. The van der Waals surface area contributed by atoms with E-state index in [4.69, 9.17) is 5.73 Å². The summed E-state index contributed by atoms with van der Waals surface area (Å²) in [4.78, 5) is 17.4. The molecule has 0 aliphatic carbocycles. The van der Waals surface area contributed by atoms with Gasteiger partial charge in [-0.2, -0.15) is 0 Å². The van der Waals surface area contributed by atoms with Gasteiger partial charge in [-0.1, -0.05) is 31.5 Å². The van der Waals surface area contributed by atoms with Crippen molar-refractivity contribution in [3.8, 4) is 0 Å². The molecule has 0 fully saturated rings. The molecule has 5 nitrogen and oxygen atoms in total. The highest BCUT2D eigenvalue weighted by Gasteiger charge is 2.25. The summed E-state index contributed by atoms with van der Waals surface area (Å²) in [7, 11) is 0. The summed E-state index contributed by atoms with van der Waals surface area (Å²) in [5, 5.41) is 13.7. The Bertz CT molecular complexity index is 859. The molecule has 2 rings (SSSR count). The third kappa shape index (κ3) is 9.02. The molecule has 32 heavy (non-hydrogen) atoms. The second-order valence-electron chi connectivity index (χ2n) is 8.83. The van der Waals surface area contributed by atoms with Crippen molar-refractivity contribution < 1.29 is 14.3 Å². The van der Waals surface area contributed by atoms with Crippen LogP contribution < -0.4 is 11.1 Å². The van der Waals surface area contributed by atoms with Crippen LogP contribution in [0.25, 0.3) is 0 Å². The number of benzene rings is 1. The number of hydrogen-bond acceptors (Lipinski definition) is 4. The number of nitrogens with zero attached hydrogens (tertiary/aromatic N) is 1. The molecule has 0 saturated heterocycles. The maximum atomic E-state index is 13.9. The van der Waals surface area contributed by atoms with Crippen molar-refractivity contribution in [1.29, 1.82) is 0 Å². The Morgan fingerprint density at radius 3 is 2.41 bits per heavy atom. The van der Waals surface area contributed by atoms with Gasteiger partial charge in [-0.05, 0) is 63.3 Å². The van der Waals surface area contributed by atoms with Gasteiger partial charge in [0.05, 0.1) is 17.4 Å². The number of aliphatic hydroxyl groups excluding tert-OH is 1. The van der Waals surface area contributed by atoms with Gasteiger partial charge in [-0.15, -0.1) is 24.8 Å². The zero-order chi connectivity index (χ0) is 22.3. The highest BCUT2D eigenvalue weighted by Crippen LogP contribution is 2.20. The predicted octanol–water partition coefficient (Wildman–Crippen LogP) is 4.41. The first-order valence-electron chi connectivity index (χ1n) is 10.6. The minimum absolute atomic E-state index is 0. The standard InChI is InChI=1S/C24H34FN3O2.2ClH/c1-5-6-9-16-12-13-27-20(22(16)23(30)28-24(2,3)4)15-21(29)19(26)14-17-10-7-8-11-18(17)25;;/h7-8,10-13,19,21,29H,5-6,9,14-15,26H2,1-4H3,(H,28,30);2*1H/t19-,21+;;/m1../s1. The molecule has 4 N–H and O–H groups in total. The second-order valence-corrected chi connectivity index (χ2v) is 8.83.